The molecule has 0 aliphatic rings. The third-order valence-electron chi connectivity index (χ3n) is 0. The second-order valence-corrected chi connectivity index (χ2v) is 0.982. The Morgan fingerprint density at radius 1 is 1.14 bits per heavy atom. The molecular weight excluding hydrogens is 218 g/mol. The van der Waals surface area contributed by atoms with Gasteiger partial charge >= 0.3 is 51.4 Å². The molecule has 0 saturated carbocycles. The average molecular weight is 219 g/mol. The summed E-state index contributed by atoms with van der Waals surface area (Å²) in [6.45, 7) is 0. The molecule has 0 saturated heterocycles. The van der Waals surface area contributed by atoms with E-state index in [9.17, 15) is 0 Å². The van der Waals surface area contributed by atoms with Gasteiger partial charge in [-0.2, -0.15) is 0 Å². The monoisotopic (exact) mass is 218 g/mol. The van der Waals surface area contributed by atoms with Crippen LogP contribution in [0.15, 0.2) is 0 Å². The van der Waals surface area contributed by atoms with Crippen LogP contribution in [0.5, 0.6) is 0 Å². The minimum Gasteiger partial charge on any atom is -0.405 e. The molecule has 0 aromatic carbocycles. The molecule has 0 aromatic rings. The molecule has 0 aliphatic carbocycles. The fourth-order valence-corrected chi connectivity index (χ4v) is 0. The van der Waals surface area contributed by atoms with Crippen LogP contribution in [0.1, 0.15) is 0 Å². The predicted molar refractivity (Wildman–Crippen MR) is 8.07 cm³/mol. The standard InChI is InChI=1S/BrO3.ClHO.K/c2-1(3)4;1-2;/h;2H;/q-1;;+1. The van der Waals surface area contributed by atoms with E-state index in [0.29, 0.717) is 0 Å². The Morgan fingerprint density at radius 3 is 1.14 bits per heavy atom. The van der Waals surface area contributed by atoms with Gasteiger partial charge in [0.15, 0.2) is 0 Å². The molecule has 4 nitrogen and oxygen atoms in total. The normalized spacial score (nSPS) is 6.00. The van der Waals surface area contributed by atoms with Crippen LogP contribution in [0, 0.1) is 14.8 Å². The summed E-state index contributed by atoms with van der Waals surface area (Å²) in [5.41, 5.74) is 0. The summed E-state index contributed by atoms with van der Waals surface area (Å²) >= 11 is -0.00694. The number of hydrogen-bond donors (Lipinski definition) is 1. The maximum absolute atomic E-state index is 8.52. The minimum absolute atomic E-state index is 0. The van der Waals surface area contributed by atoms with Crippen LogP contribution in [0.3, 0.4) is 0 Å². The zero-order chi connectivity index (χ0) is 5.58. The van der Waals surface area contributed by atoms with Gasteiger partial charge in [-0.05, 0) is 0 Å². The van der Waals surface area contributed by atoms with Crippen molar-refractivity contribution in [2.45, 2.75) is 0 Å². The molecular formula is HBrClKO4. The Balaban J connectivity index is -0.0000000480. The van der Waals surface area contributed by atoms with Gasteiger partial charge in [0.1, 0.15) is 0 Å². The third kappa shape index (κ3) is 63.8. The summed E-state index contributed by atoms with van der Waals surface area (Å²) < 4.78 is 32.0. The van der Waals surface area contributed by atoms with Crippen LogP contribution in [0.2, 0.25) is 0 Å². The van der Waals surface area contributed by atoms with Gasteiger partial charge in [-0.3, -0.25) is 4.66 Å². The van der Waals surface area contributed by atoms with Crippen LogP contribution < -0.4 is 64.0 Å². The van der Waals surface area contributed by atoms with Crippen LogP contribution >= 0.6 is 11.9 Å². The van der Waals surface area contributed by atoms with E-state index < -0.39 is 14.8 Å². The summed E-state index contributed by atoms with van der Waals surface area (Å²) in [6.07, 6.45) is 0. The fraction of sp³-hybridized carbons (Fsp3) is 0. The molecule has 0 amide bonds. The molecule has 0 bridgehead atoms. The first-order valence-corrected chi connectivity index (χ1v) is 2.91. The van der Waals surface area contributed by atoms with Crippen molar-refractivity contribution in [1.29, 1.82) is 0 Å². The van der Waals surface area contributed by atoms with Crippen molar-refractivity contribution in [3.63, 3.8) is 0 Å². The van der Waals surface area contributed by atoms with Gasteiger partial charge in [-0.25, -0.2) is 0 Å². The molecule has 0 fully saturated rings. The van der Waals surface area contributed by atoms with Crippen molar-refractivity contribution in [2.75, 3.05) is 0 Å². The molecule has 0 unspecified atom stereocenters. The molecule has 1 N–H and O–H groups in total. The first-order chi connectivity index (χ1) is 2.73. The Labute approximate surface area is 93.5 Å². The topological polar surface area (TPSA) is 89.4 Å². The van der Waals surface area contributed by atoms with Gasteiger partial charge < -0.3 is 12.6 Å². The first-order valence-electron chi connectivity index (χ1n) is 0.632. The average Bonchev–Trinajstić information content (AvgIpc) is 1.41. The summed E-state index contributed by atoms with van der Waals surface area (Å²) in [6, 6.07) is 0. The molecule has 0 aromatic heterocycles. The predicted octanol–water partition coefficient (Wildman–Crippen LogP) is -6.43. The molecule has 7 heavy (non-hydrogen) atoms. The molecule has 0 atom stereocenters. The molecule has 0 radical (unpaired) electrons. The van der Waals surface area contributed by atoms with E-state index in [-0.39, 0.29) is 51.4 Å². The Bertz CT molecular complexity index is 16.4. The largest absolute Gasteiger partial charge is 1.00 e. The number of hydrogen-bond acceptors (Lipinski definition) is 4. The van der Waals surface area contributed by atoms with Gasteiger partial charge in [0.25, 0.3) is 0 Å². The molecule has 0 heterocycles. The third-order valence-corrected chi connectivity index (χ3v) is 0. The van der Waals surface area contributed by atoms with Crippen LogP contribution in [-0.4, -0.2) is 4.66 Å². The Morgan fingerprint density at radius 2 is 1.14 bits per heavy atom. The maximum Gasteiger partial charge on any atom is 1.00 e. The van der Waals surface area contributed by atoms with Crippen molar-refractivity contribution < 1.29 is 83.5 Å². The van der Waals surface area contributed by atoms with Gasteiger partial charge in [0.05, 0.1) is 11.9 Å². The van der Waals surface area contributed by atoms with Gasteiger partial charge in [0.2, 0.25) is 14.8 Å². The smallest absolute Gasteiger partial charge is 0.405 e. The Hall–Kier alpha value is 2.25. The summed E-state index contributed by atoms with van der Waals surface area (Å²) in [4.78, 5) is 0. The van der Waals surface area contributed by atoms with E-state index in [1.807, 2.05) is 0 Å². The number of rotatable bonds is 0. The quantitative estimate of drug-likeness (QED) is 0.410. The summed E-state index contributed by atoms with van der Waals surface area (Å²) in [5.74, 6) is 0. The van der Waals surface area contributed by atoms with Crippen LogP contribution in [0.4, 0.5) is 0 Å². The van der Waals surface area contributed by atoms with Crippen molar-refractivity contribution >= 4 is 11.9 Å². The second kappa shape index (κ2) is 15.7. The van der Waals surface area contributed by atoms with E-state index in [1.165, 1.54) is 0 Å². The van der Waals surface area contributed by atoms with Gasteiger partial charge in [-0.15, -0.1) is 0 Å². The maximum atomic E-state index is 8.52. The number of halogens is 2. The van der Waals surface area contributed by atoms with Crippen molar-refractivity contribution in [2.24, 2.45) is 0 Å². The SMILES string of the molecule is OCl.[K+].[O-][Br+2]([O-])[O-]. The summed E-state index contributed by atoms with van der Waals surface area (Å²) in [5, 5.41) is 0. The van der Waals surface area contributed by atoms with Crippen LogP contribution in [0.25, 0.3) is 0 Å². The molecule has 40 valence electrons. The molecule has 7 heteroatoms. The van der Waals surface area contributed by atoms with Gasteiger partial charge in [0, 0.05) is 0 Å². The van der Waals surface area contributed by atoms with E-state index in [2.05, 4.69) is 11.9 Å². The van der Waals surface area contributed by atoms with E-state index >= 15 is 0 Å². The zero-order valence-electron chi connectivity index (χ0n) is 3.43. The van der Waals surface area contributed by atoms with Crippen molar-refractivity contribution in [3.8, 4) is 0 Å². The summed E-state index contributed by atoms with van der Waals surface area (Å²) in [7, 11) is 0. The van der Waals surface area contributed by atoms with E-state index in [4.69, 9.17) is 17.3 Å². The van der Waals surface area contributed by atoms with Crippen molar-refractivity contribution in [3.05, 3.63) is 0 Å². The second-order valence-electron chi connectivity index (χ2n) is 0.189. The zero-order valence-corrected chi connectivity index (χ0v) is 8.89. The molecule has 0 rings (SSSR count). The Kier molecular flexibility index (Phi) is 36.2. The fourth-order valence-electron chi connectivity index (χ4n) is 0. The molecule has 0 spiro atoms. The first kappa shape index (κ1) is 16.1. The van der Waals surface area contributed by atoms with Gasteiger partial charge in [-0.1, -0.05) is 0 Å². The molecule has 0 aliphatic heterocycles. The minimum atomic E-state index is -3.65. The van der Waals surface area contributed by atoms with Crippen molar-refractivity contribution in [1.82, 2.24) is 0 Å². The van der Waals surface area contributed by atoms with E-state index in [0.717, 1.165) is 0 Å². The van der Waals surface area contributed by atoms with E-state index in [1.54, 1.807) is 0 Å². The van der Waals surface area contributed by atoms with Crippen LogP contribution in [-0.2, 0) is 0 Å².